The molecule has 4 aromatic rings. The zero-order valence-electron chi connectivity index (χ0n) is 20.3. The Labute approximate surface area is 201 Å². The second-order valence-electron chi connectivity index (χ2n) is 9.64. The quantitative estimate of drug-likeness (QED) is 0.312. The van der Waals surface area contributed by atoms with Crippen LogP contribution in [0.3, 0.4) is 0 Å². The number of fused-ring (bicyclic) bond motifs is 1. The van der Waals surface area contributed by atoms with Gasteiger partial charge in [0.2, 0.25) is 0 Å². The van der Waals surface area contributed by atoms with Crippen LogP contribution in [-0.2, 0) is 17.7 Å². The number of carbonyl (C=O) groups is 1. The Bertz CT molecular complexity index is 1300. The lowest BCUT2D eigenvalue weighted by Gasteiger charge is -2.20. The molecule has 5 nitrogen and oxygen atoms in total. The number of hydrogen-bond acceptors (Lipinski definition) is 4. The van der Waals surface area contributed by atoms with Gasteiger partial charge < -0.3 is 14.4 Å². The number of rotatable bonds is 7. The summed E-state index contributed by atoms with van der Waals surface area (Å²) < 4.78 is 7.84. The van der Waals surface area contributed by atoms with Crippen molar-refractivity contribution in [1.29, 1.82) is 0 Å². The van der Waals surface area contributed by atoms with Gasteiger partial charge in [-0.05, 0) is 62.1 Å². The largest absolute Gasteiger partial charge is 0.508 e. The first kappa shape index (κ1) is 23.6. The molecule has 0 bridgehead atoms. The van der Waals surface area contributed by atoms with Gasteiger partial charge in [-0.2, -0.15) is 0 Å². The fourth-order valence-electron chi connectivity index (χ4n) is 4.09. The summed E-state index contributed by atoms with van der Waals surface area (Å²) in [5.41, 5.74) is 4.81. The summed E-state index contributed by atoms with van der Waals surface area (Å²) in [6.07, 6.45) is 3.06. The van der Waals surface area contributed by atoms with Crippen molar-refractivity contribution in [2.45, 2.75) is 59.1 Å². The Kier molecular flexibility index (Phi) is 6.73. The summed E-state index contributed by atoms with van der Waals surface area (Å²) in [6, 6.07) is 21.2. The van der Waals surface area contributed by atoms with E-state index in [0.29, 0.717) is 12.1 Å². The molecule has 0 aliphatic heterocycles. The minimum Gasteiger partial charge on any atom is -0.508 e. The summed E-state index contributed by atoms with van der Waals surface area (Å²) in [5.74, 6) is 0.940. The van der Waals surface area contributed by atoms with E-state index < -0.39 is 5.60 Å². The van der Waals surface area contributed by atoms with Crippen LogP contribution >= 0.6 is 0 Å². The van der Waals surface area contributed by atoms with Crippen molar-refractivity contribution >= 4 is 17.0 Å². The summed E-state index contributed by atoms with van der Waals surface area (Å²) in [5, 5.41) is 9.88. The van der Waals surface area contributed by atoms with Gasteiger partial charge in [0.15, 0.2) is 0 Å². The highest BCUT2D eigenvalue weighted by molar-refractivity contribution is 5.97. The zero-order valence-corrected chi connectivity index (χ0v) is 20.3. The second-order valence-corrected chi connectivity index (χ2v) is 9.64. The minimum absolute atomic E-state index is 0.229. The molecular formula is C29H32N2O3. The highest BCUT2D eigenvalue weighted by Crippen LogP contribution is 2.27. The molecule has 176 valence electrons. The lowest BCUT2D eigenvalue weighted by Crippen LogP contribution is -2.24. The SMILES string of the molecule is CCCCc1nc2cc(O)ccc2n1Cc1ccc(-c2ccccc2C(=O)OC(C)(C)C)cc1. The molecule has 1 heterocycles. The Morgan fingerprint density at radius 1 is 1.03 bits per heavy atom. The topological polar surface area (TPSA) is 64.4 Å². The number of aromatic nitrogens is 2. The third kappa shape index (κ3) is 5.30. The molecule has 1 aromatic heterocycles. The van der Waals surface area contributed by atoms with E-state index in [2.05, 4.69) is 35.8 Å². The molecule has 0 unspecified atom stereocenters. The molecule has 4 rings (SSSR count). The fraction of sp³-hybridized carbons (Fsp3) is 0.310. The fourth-order valence-corrected chi connectivity index (χ4v) is 4.09. The van der Waals surface area contributed by atoms with E-state index in [9.17, 15) is 9.90 Å². The highest BCUT2D eigenvalue weighted by atomic mass is 16.6. The number of imidazole rings is 1. The van der Waals surface area contributed by atoms with Gasteiger partial charge >= 0.3 is 5.97 Å². The normalized spacial score (nSPS) is 11.6. The van der Waals surface area contributed by atoms with E-state index in [0.717, 1.165) is 52.8 Å². The minimum atomic E-state index is -0.548. The predicted octanol–water partition coefficient (Wildman–Crippen LogP) is 6.76. The number of aromatic hydroxyl groups is 1. The first-order valence-electron chi connectivity index (χ1n) is 11.8. The number of nitrogens with zero attached hydrogens (tertiary/aromatic N) is 2. The molecule has 3 aromatic carbocycles. The van der Waals surface area contributed by atoms with Crippen molar-refractivity contribution in [3.8, 4) is 16.9 Å². The van der Waals surface area contributed by atoms with Gasteiger partial charge in [-0.1, -0.05) is 55.8 Å². The molecule has 1 N–H and O–H groups in total. The lowest BCUT2D eigenvalue weighted by molar-refractivity contribution is 0.00704. The van der Waals surface area contributed by atoms with Crippen LogP contribution in [0.5, 0.6) is 5.75 Å². The van der Waals surface area contributed by atoms with Gasteiger partial charge in [0.25, 0.3) is 0 Å². The zero-order chi connectivity index (χ0) is 24.3. The van der Waals surface area contributed by atoms with Crippen LogP contribution in [0, 0.1) is 0 Å². The number of phenolic OH excluding ortho intramolecular Hbond substituents is 1. The third-order valence-corrected chi connectivity index (χ3v) is 5.72. The molecule has 0 aliphatic rings. The molecular weight excluding hydrogens is 424 g/mol. The first-order valence-corrected chi connectivity index (χ1v) is 11.8. The molecule has 0 atom stereocenters. The number of unbranched alkanes of at least 4 members (excludes halogenated alkanes) is 1. The van der Waals surface area contributed by atoms with E-state index in [4.69, 9.17) is 9.72 Å². The smallest absolute Gasteiger partial charge is 0.339 e. The molecule has 0 radical (unpaired) electrons. The average molecular weight is 457 g/mol. The predicted molar refractivity (Wildman–Crippen MR) is 136 cm³/mol. The molecule has 34 heavy (non-hydrogen) atoms. The van der Waals surface area contributed by atoms with Gasteiger partial charge in [0, 0.05) is 19.0 Å². The second kappa shape index (κ2) is 9.72. The lowest BCUT2D eigenvalue weighted by atomic mass is 9.98. The van der Waals surface area contributed by atoms with Crippen molar-refractivity contribution in [2.24, 2.45) is 0 Å². The van der Waals surface area contributed by atoms with Crippen LogP contribution in [0.4, 0.5) is 0 Å². The van der Waals surface area contributed by atoms with E-state index in [1.807, 2.05) is 51.1 Å². The van der Waals surface area contributed by atoms with Crippen molar-refractivity contribution in [2.75, 3.05) is 0 Å². The maximum atomic E-state index is 12.8. The maximum absolute atomic E-state index is 12.8. The number of esters is 1. The van der Waals surface area contributed by atoms with Gasteiger partial charge in [-0.15, -0.1) is 0 Å². The van der Waals surface area contributed by atoms with Gasteiger partial charge in [-0.25, -0.2) is 9.78 Å². The Morgan fingerprint density at radius 2 is 1.76 bits per heavy atom. The van der Waals surface area contributed by atoms with Gasteiger partial charge in [0.1, 0.15) is 17.2 Å². The molecule has 0 fully saturated rings. The monoisotopic (exact) mass is 456 g/mol. The van der Waals surface area contributed by atoms with Gasteiger partial charge in [-0.3, -0.25) is 0 Å². The van der Waals surface area contributed by atoms with Crippen LogP contribution in [0.2, 0.25) is 0 Å². The van der Waals surface area contributed by atoms with Crippen LogP contribution in [-0.4, -0.2) is 26.2 Å². The number of aryl methyl sites for hydroxylation is 1. The summed E-state index contributed by atoms with van der Waals surface area (Å²) in [4.78, 5) is 17.5. The number of ether oxygens (including phenoxy) is 1. The molecule has 0 saturated carbocycles. The summed E-state index contributed by atoms with van der Waals surface area (Å²) in [7, 11) is 0. The average Bonchev–Trinajstić information content (AvgIpc) is 3.13. The van der Waals surface area contributed by atoms with Gasteiger partial charge in [0.05, 0.1) is 16.6 Å². The van der Waals surface area contributed by atoms with Crippen LogP contribution in [0.1, 0.15) is 62.3 Å². The Hall–Kier alpha value is -3.60. The van der Waals surface area contributed by atoms with Crippen LogP contribution in [0.25, 0.3) is 22.2 Å². The standard InChI is InChI=1S/C29H32N2O3/c1-5-6-11-27-30-25-18-22(32)16-17-26(25)31(27)19-20-12-14-21(15-13-20)23-9-7-8-10-24(23)28(33)34-29(2,3)4/h7-10,12-18,32H,5-6,11,19H2,1-4H3. The molecule has 0 aliphatic carbocycles. The maximum Gasteiger partial charge on any atom is 0.339 e. The number of carbonyl (C=O) groups excluding carboxylic acids is 1. The number of benzene rings is 3. The summed E-state index contributed by atoms with van der Waals surface area (Å²) in [6.45, 7) is 8.48. The molecule has 0 spiro atoms. The molecule has 0 amide bonds. The molecule has 5 heteroatoms. The third-order valence-electron chi connectivity index (χ3n) is 5.72. The summed E-state index contributed by atoms with van der Waals surface area (Å²) >= 11 is 0. The van der Waals surface area contributed by atoms with Crippen LogP contribution in [0.15, 0.2) is 66.7 Å². The van der Waals surface area contributed by atoms with Crippen molar-refractivity contribution in [1.82, 2.24) is 9.55 Å². The van der Waals surface area contributed by atoms with E-state index in [1.165, 1.54) is 0 Å². The highest BCUT2D eigenvalue weighted by Gasteiger charge is 2.20. The van der Waals surface area contributed by atoms with E-state index >= 15 is 0 Å². The Balaban J connectivity index is 1.63. The Morgan fingerprint density at radius 3 is 2.47 bits per heavy atom. The molecule has 0 saturated heterocycles. The van der Waals surface area contributed by atoms with Crippen molar-refractivity contribution < 1.29 is 14.6 Å². The number of phenols is 1. The number of hydrogen-bond donors (Lipinski definition) is 1. The van der Waals surface area contributed by atoms with Crippen LogP contribution < -0.4 is 0 Å². The first-order chi connectivity index (χ1) is 16.2. The van der Waals surface area contributed by atoms with E-state index in [-0.39, 0.29) is 11.7 Å². The van der Waals surface area contributed by atoms with E-state index in [1.54, 1.807) is 12.1 Å². The van der Waals surface area contributed by atoms with Crippen molar-refractivity contribution in [3.05, 3.63) is 83.7 Å². The van der Waals surface area contributed by atoms with Crippen molar-refractivity contribution in [3.63, 3.8) is 0 Å².